The second-order valence-corrected chi connectivity index (χ2v) is 11.9. The smallest absolute Gasteiger partial charge is 0.437 e. The van der Waals surface area contributed by atoms with Crippen molar-refractivity contribution in [2.75, 3.05) is 14.1 Å². The maximum Gasteiger partial charge on any atom is 0.437 e. The molecule has 220 valence electrons. The number of halogens is 1. The summed E-state index contributed by atoms with van der Waals surface area (Å²) in [4.78, 5) is 32.5. The highest BCUT2D eigenvalue weighted by Crippen LogP contribution is 2.30. The van der Waals surface area contributed by atoms with E-state index in [4.69, 9.17) is 14.0 Å². The molecule has 9 nitrogen and oxygen atoms in total. The summed E-state index contributed by atoms with van der Waals surface area (Å²) in [5, 5.41) is 4.12. The highest BCUT2D eigenvalue weighted by molar-refractivity contribution is 5.98. The monoisotopic (exact) mass is 566 g/mol. The molecule has 1 heterocycles. The molecule has 0 spiro atoms. The minimum absolute atomic E-state index is 0.00589. The number of aromatic nitrogens is 1. The third-order valence-electron chi connectivity index (χ3n) is 5.74. The summed E-state index contributed by atoms with van der Waals surface area (Å²) in [7, 11) is 3.28. The van der Waals surface area contributed by atoms with E-state index < -0.39 is 29.3 Å². The van der Waals surface area contributed by atoms with Crippen molar-refractivity contribution < 1.29 is 28.0 Å². The minimum atomic E-state index is -0.862. The Bertz CT molecular complexity index is 1390. The van der Waals surface area contributed by atoms with Crippen molar-refractivity contribution in [3.8, 4) is 11.1 Å². The summed E-state index contributed by atoms with van der Waals surface area (Å²) in [6.45, 7) is 12.0. The van der Waals surface area contributed by atoms with Crippen LogP contribution in [0.2, 0.25) is 0 Å². The number of benzene rings is 2. The molecule has 3 aromatic rings. The van der Waals surface area contributed by atoms with Crippen LogP contribution in [0.3, 0.4) is 0 Å². The summed E-state index contributed by atoms with van der Waals surface area (Å²) in [6, 6.07) is 16.3. The number of amides is 2. The number of hydrogen-bond donors (Lipinski definition) is 0. The number of guanidine groups is 1. The van der Waals surface area contributed by atoms with Gasteiger partial charge in [-0.15, -0.1) is 4.99 Å². The normalized spacial score (nSPS) is 13.0. The van der Waals surface area contributed by atoms with E-state index in [-0.39, 0.29) is 18.3 Å². The van der Waals surface area contributed by atoms with Crippen molar-refractivity contribution in [2.24, 2.45) is 4.99 Å². The van der Waals surface area contributed by atoms with Crippen LogP contribution in [0.1, 0.15) is 71.4 Å². The standard InChI is InChI=1S/C31H39FN4O5/c1-20(24-16-15-22(17-25(24)32)21-13-11-10-12-14-21)26-18-23(34-41-26)19-36(29(38)40-31(5,6)7)27(35(8)9)33-28(37)39-30(2,3)4/h10-18,20H,19H2,1-9H3/b33-27+. The Morgan fingerprint density at radius 3 is 2.15 bits per heavy atom. The highest BCUT2D eigenvalue weighted by atomic mass is 19.1. The van der Waals surface area contributed by atoms with Crippen LogP contribution < -0.4 is 0 Å². The molecule has 10 heteroatoms. The average Bonchev–Trinajstić information content (AvgIpc) is 3.32. The maximum atomic E-state index is 15.2. The van der Waals surface area contributed by atoms with Crippen molar-refractivity contribution in [3.63, 3.8) is 0 Å². The molecule has 0 aliphatic heterocycles. The zero-order valence-corrected chi connectivity index (χ0v) is 25.2. The van der Waals surface area contributed by atoms with Crippen molar-refractivity contribution in [3.05, 3.63) is 77.4 Å². The van der Waals surface area contributed by atoms with Gasteiger partial charge in [0.1, 0.15) is 28.5 Å². The van der Waals surface area contributed by atoms with Crippen molar-refractivity contribution in [1.82, 2.24) is 15.0 Å². The lowest BCUT2D eigenvalue weighted by molar-refractivity contribution is 0.0338. The van der Waals surface area contributed by atoms with Gasteiger partial charge >= 0.3 is 12.2 Å². The van der Waals surface area contributed by atoms with Gasteiger partial charge in [0.25, 0.3) is 0 Å². The molecular weight excluding hydrogens is 527 g/mol. The molecule has 0 bridgehead atoms. The average molecular weight is 567 g/mol. The Balaban J connectivity index is 1.90. The van der Waals surface area contributed by atoms with Gasteiger partial charge in [-0.25, -0.2) is 18.9 Å². The molecule has 1 unspecified atom stereocenters. The van der Waals surface area contributed by atoms with Gasteiger partial charge in [-0.05, 0) is 64.3 Å². The van der Waals surface area contributed by atoms with Crippen LogP contribution in [0.5, 0.6) is 0 Å². The molecular formula is C31H39FN4O5. The number of carbonyl (C=O) groups excluding carboxylic acids is 2. The van der Waals surface area contributed by atoms with E-state index in [0.717, 1.165) is 11.1 Å². The Labute approximate surface area is 240 Å². The first-order valence-corrected chi connectivity index (χ1v) is 13.3. The number of nitrogens with zero attached hydrogens (tertiary/aromatic N) is 4. The summed E-state index contributed by atoms with van der Waals surface area (Å²) in [5.74, 6) is -0.425. The molecule has 1 aromatic heterocycles. The fraction of sp³-hybridized carbons (Fsp3) is 0.419. The van der Waals surface area contributed by atoms with Crippen LogP contribution >= 0.6 is 0 Å². The first kappa shape index (κ1) is 31.3. The minimum Gasteiger partial charge on any atom is -0.443 e. The third kappa shape index (κ3) is 8.89. The molecule has 41 heavy (non-hydrogen) atoms. The molecule has 0 radical (unpaired) electrons. The van der Waals surface area contributed by atoms with Gasteiger partial charge in [-0.1, -0.05) is 54.5 Å². The van der Waals surface area contributed by atoms with Gasteiger partial charge in [0.05, 0.1) is 6.54 Å². The predicted molar refractivity (Wildman–Crippen MR) is 155 cm³/mol. The molecule has 0 saturated carbocycles. The first-order valence-electron chi connectivity index (χ1n) is 13.3. The molecule has 2 amide bonds. The molecule has 0 N–H and O–H groups in total. The van der Waals surface area contributed by atoms with Gasteiger partial charge in [-0.3, -0.25) is 0 Å². The van der Waals surface area contributed by atoms with Gasteiger partial charge in [0, 0.05) is 26.1 Å². The van der Waals surface area contributed by atoms with Crippen LogP contribution in [0.15, 0.2) is 64.1 Å². The van der Waals surface area contributed by atoms with E-state index in [9.17, 15) is 9.59 Å². The van der Waals surface area contributed by atoms with Gasteiger partial charge in [0.15, 0.2) is 0 Å². The predicted octanol–water partition coefficient (Wildman–Crippen LogP) is 7.22. The van der Waals surface area contributed by atoms with Crippen molar-refractivity contribution in [1.29, 1.82) is 0 Å². The van der Waals surface area contributed by atoms with Crippen LogP contribution in [0.4, 0.5) is 14.0 Å². The van der Waals surface area contributed by atoms with E-state index >= 15 is 4.39 Å². The van der Waals surface area contributed by atoms with Crippen molar-refractivity contribution >= 4 is 18.1 Å². The lowest BCUT2D eigenvalue weighted by atomic mass is 9.95. The molecule has 2 aromatic carbocycles. The summed E-state index contributed by atoms with van der Waals surface area (Å²) in [5.41, 5.74) is 0.895. The largest absolute Gasteiger partial charge is 0.443 e. The van der Waals surface area contributed by atoms with Crippen LogP contribution in [0.25, 0.3) is 11.1 Å². The Kier molecular flexibility index (Phi) is 9.57. The second-order valence-electron chi connectivity index (χ2n) is 11.9. The Morgan fingerprint density at radius 1 is 0.951 bits per heavy atom. The van der Waals surface area contributed by atoms with E-state index in [1.807, 2.05) is 43.3 Å². The molecule has 3 rings (SSSR count). The first-order chi connectivity index (χ1) is 19.0. The van der Waals surface area contributed by atoms with Gasteiger partial charge in [-0.2, -0.15) is 0 Å². The van der Waals surface area contributed by atoms with Gasteiger partial charge in [0.2, 0.25) is 5.96 Å². The maximum absolute atomic E-state index is 15.2. The topological polar surface area (TPSA) is 97.5 Å². The zero-order valence-electron chi connectivity index (χ0n) is 25.2. The lowest BCUT2D eigenvalue weighted by Gasteiger charge is -2.30. The number of ether oxygens (including phenoxy) is 2. The number of carbonyl (C=O) groups is 2. The fourth-order valence-corrected chi connectivity index (χ4v) is 3.91. The SMILES string of the molecule is CC(c1cc(CN(C(=O)OC(C)(C)C)/C(=N/C(=O)OC(C)(C)C)N(C)C)no1)c1ccc(-c2ccccc2)cc1F. The fourth-order valence-electron chi connectivity index (χ4n) is 3.91. The molecule has 0 fully saturated rings. The summed E-state index contributed by atoms with van der Waals surface area (Å²) in [6.07, 6.45) is -1.60. The zero-order chi connectivity index (χ0) is 30.5. The van der Waals surface area contributed by atoms with E-state index in [0.29, 0.717) is 17.0 Å². The highest BCUT2D eigenvalue weighted by Gasteiger charge is 2.30. The lowest BCUT2D eigenvalue weighted by Crippen LogP contribution is -2.46. The summed E-state index contributed by atoms with van der Waals surface area (Å²) >= 11 is 0. The van der Waals surface area contributed by atoms with E-state index in [2.05, 4.69) is 10.1 Å². The third-order valence-corrected chi connectivity index (χ3v) is 5.74. The van der Waals surface area contributed by atoms with E-state index in [1.165, 1.54) is 15.9 Å². The van der Waals surface area contributed by atoms with Crippen LogP contribution in [-0.4, -0.2) is 58.4 Å². The number of aliphatic imine (C=N–C) groups is 1. The number of rotatable bonds is 5. The Morgan fingerprint density at radius 2 is 1.59 bits per heavy atom. The van der Waals surface area contributed by atoms with Crippen LogP contribution in [-0.2, 0) is 16.0 Å². The van der Waals surface area contributed by atoms with Crippen LogP contribution in [0, 0.1) is 5.82 Å². The van der Waals surface area contributed by atoms with E-state index in [1.54, 1.807) is 67.8 Å². The second kappa shape index (κ2) is 12.5. The quantitative estimate of drug-likeness (QED) is 0.237. The number of hydrogen-bond acceptors (Lipinski definition) is 6. The molecule has 1 atom stereocenters. The molecule has 0 aliphatic carbocycles. The van der Waals surface area contributed by atoms with Gasteiger partial charge < -0.3 is 18.9 Å². The molecule has 0 aliphatic rings. The summed E-state index contributed by atoms with van der Waals surface area (Å²) < 4.78 is 31.7. The van der Waals surface area contributed by atoms with Crippen molar-refractivity contribution in [2.45, 2.75) is 72.1 Å². The Hall–Kier alpha value is -4.21. The molecule has 0 saturated heterocycles.